The van der Waals surface area contributed by atoms with E-state index in [0.717, 1.165) is 13.2 Å². The van der Waals surface area contributed by atoms with E-state index in [-0.39, 0.29) is 13.2 Å². The molecule has 0 radical (unpaired) electrons. The molecule has 0 aromatic rings. The van der Waals surface area contributed by atoms with Gasteiger partial charge < -0.3 is 14.9 Å². The van der Waals surface area contributed by atoms with Crippen LogP contribution in [0.1, 0.15) is 6.92 Å². The van der Waals surface area contributed by atoms with Crippen molar-refractivity contribution in [1.82, 2.24) is 0 Å². The molecule has 0 aromatic carbocycles. The second-order valence-corrected chi connectivity index (χ2v) is 1.99. The van der Waals surface area contributed by atoms with Gasteiger partial charge in [-0.1, -0.05) is 0 Å². The predicted molar refractivity (Wildman–Crippen MR) is 39.4 cm³/mol. The zero-order valence-corrected chi connectivity index (χ0v) is 6.61. The smallest absolute Gasteiger partial charge is 0.342 e. The van der Waals surface area contributed by atoms with Crippen molar-refractivity contribution < 1.29 is 24.5 Å². The molecule has 0 atom stereocenters. The lowest BCUT2D eigenvalue weighted by molar-refractivity contribution is -0.134. The number of carboxylic acid groups (broad SMARTS) is 1. The van der Waals surface area contributed by atoms with E-state index in [1.54, 1.807) is 0 Å². The van der Waals surface area contributed by atoms with Crippen LogP contribution < -0.4 is 0 Å². The minimum atomic E-state index is -1.33. The number of hydrogen-bond donors (Lipinski definition) is 2. The Hall–Kier alpha value is -1.36. The van der Waals surface area contributed by atoms with Crippen molar-refractivity contribution in [1.29, 1.82) is 0 Å². The average molecular weight is 174 g/mol. The molecule has 12 heavy (non-hydrogen) atoms. The molecule has 0 spiro atoms. The zero-order chi connectivity index (χ0) is 9.56. The van der Waals surface area contributed by atoms with Gasteiger partial charge in [-0.2, -0.15) is 0 Å². The van der Waals surface area contributed by atoms with Crippen LogP contribution in [0.25, 0.3) is 0 Å². The highest BCUT2D eigenvalue weighted by atomic mass is 16.5. The first-order valence-corrected chi connectivity index (χ1v) is 3.26. The molecule has 0 bridgehead atoms. The van der Waals surface area contributed by atoms with Gasteiger partial charge in [0.2, 0.25) is 0 Å². The summed E-state index contributed by atoms with van der Waals surface area (Å²) in [6.07, 6.45) is 0.834. The highest BCUT2D eigenvalue weighted by Crippen LogP contribution is 1.96. The molecule has 0 rings (SSSR count). The fraction of sp³-hybridized carbons (Fsp3) is 0.429. The van der Waals surface area contributed by atoms with Crippen LogP contribution in [0, 0.1) is 0 Å². The number of carbonyl (C=O) groups is 2. The summed E-state index contributed by atoms with van der Waals surface area (Å²) in [6, 6.07) is 0. The molecule has 0 amide bonds. The highest BCUT2D eigenvalue weighted by Gasteiger charge is 2.12. The number of rotatable bonds is 5. The van der Waals surface area contributed by atoms with Gasteiger partial charge in [-0.05, 0) is 6.92 Å². The summed E-state index contributed by atoms with van der Waals surface area (Å²) in [6.45, 7) is 0.883. The molecule has 0 saturated heterocycles. The van der Waals surface area contributed by atoms with Crippen molar-refractivity contribution in [3.05, 3.63) is 11.8 Å². The summed E-state index contributed by atoms with van der Waals surface area (Å²) in [5.74, 6) is -1.92. The van der Waals surface area contributed by atoms with Crippen LogP contribution in [0.5, 0.6) is 0 Å². The van der Waals surface area contributed by atoms with Crippen LogP contribution in [0.2, 0.25) is 0 Å². The Balaban J connectivity index is 4.20. The van der Waals surface area contributed by atoms with Crippen molar-refractivity contribution in [3.8, 4) is 0 Å². The lowest BCUT2D eigenvalue weighted by atomic mass is 10.2. The fourth-order valence-electron chi connectivity index (χ4n) is 0.479. The standard InChI is InChI=1S/C7H10O5/c1-5(9)6(7(10)11)4-12-3-2-8/h4,8H,2-3H2,1H3,(H,10,11). The van der Waals surface area contributed by atoms with Crippen molar-refractivity contribution in [2.24, 2.45) is 0 Å². The van der Waals surface area contributed by atoms with Gasteiger partial charge in [-0.25, -0.2) is 4.79 Å². The van der Waals surface area contributed by atoms with Gasteiger partial charge in [0.25, 0.3) is 0 Å². The van der Waals surface area contributed by atoms with E-state index in [1.165, 1.54) is 0 Å². The summed E-state index contributed by atoms with van der Waals surface area (Å²) in [5.41, 5.74) is -0.427. The number of aliphatic hydroxyl groups is 1. The number of aliphatic hydroxyl groups excluding tert-OH is 1. The molecule has 0 saturated carbocycles. The number of hydrogen-bond acceptors (Lipinski definition) is 4. The van der Waals surface area contributed by atoms with Crippen LogP contribution in [-0.2, 0) is 14.3 Å². The predicted octanol–water partition coefficient (Wildman–Crippen LogP) is -0.447. The number of aliphatic carboxylic acids is 1. The fourth-order valence-corrected chi connectivity index (χ4v) is 0.479. The van der Waals surface area contributed by atoms with E-state index >= 15 is 0 Å². The lowest BCUT2D eigenvalue weighted by Crippen LogP contribution is -2.09. The number of carbonyl (C=O) groups excluding carboxylic acids is 1. The van der Waals surface area contributed by atoms with Crippen LogP contribution in [0.3, 0.4) is 0 Å². The van der Waals surface area contributed by atoms with Crippen LogP contribution in [-0.4, -0.2) is 35.2 Å². The lowest BCUT2D eigenvalue weighted by Gasteiger charge is -1.98. The molecule has 5 nitrogen and oxygen atoms in total. The molecule has 0 aliphatic heterocycles. The number of carboxylic acids is 1. The topological polar surface area (TPSA) is 83.8 Å². The zero-order valence-electron chi connectivity index (χ0n) is 6.61. The Bertz CT molecular complexity index is 190. The van der Waals surface area contributed by atoms with E-state index in [0.29, 0.717) is 0 Å². The third-order valence-corrected chi connectivity index (χ3v) is 1.02. The first-order chi connectivity index (χ1) is 5.59. The Labute approximate surface area is 69.3 Å². The molecular weight excluding hydrogens is 164 g/mol. The minimum absolute atomic E-state index is 0.0238. The maximum Gasteiger partial charge on any atom is 0.342 e. The normalized spacial score (nSPS) is 11.0. The van der Waals surface area contributed by atoms with Gasteiger partial charge in [0.15, 0.2) is 5.78 Å². The Morgan fingerprint density at radius 2 is 2.08 bits per heavy atom. The Morgan fingerprint density at radius 1 is 1.50 bits per heavy atom. The van der Waals surface area contributed by atoms with Crippen molar-refractivity contribution in [2.75, 3.05) is 13.2 Å². The van der Waals surface area contributed by atoms with Gasteiger partial charge in [-0.15, -0.1) is 0 Å². The van der Waals surface area contributed by atoms with E-state index in [4.69, 9.17) is 10.2 Å². The third kappa shape index (κ3) is 3.72. The molecule has 5 heteroatoms. The minimum Gasteiger partial charge on any atom is -0.498 e. The van der Waals surface area contributed by atoms with Gasteiger partial charge in [0.1, 0.15) is 18.4 Å². The summed E-state index contributed by atoms with van der Waals surface area (Å²) >= 11 is 0. The third-order valence-electron chi connectivity index (χ3n) is 1.02. The van der Waals surface area contributed by atoms with E-state index in [2.05, 4.69) is 4.74 Å². The van der Waals surface area contributed by atoms with Crippen molar-refractivity contribution in [3.63, 3.8) is 0 Å². The number of Topliss-reactive ketones (excluding diaryl/α,β-unsaturated/α-hetero) is 1. The van der Waals surface area contributed by atoms with Crippen LogP contribution >= 0.6 is 0 Å². The average Bonchev–Trinajstić information content (AvgIpc) is 1.96. The molecule has 68 valence electrons. The molecule has 0 fully saturated rings. The second kappa shape index (κ2) is 5.31. The summed E-state index contributed by atoms with van der Waals surface area (Å²) in [7, 11) is 0. The monoisotopic (exact) mass is 174 g/mol. The maximum absolute atomic E-state index is 10.6. The first-order valence-electron chi connectivity index (χ1n) is 3.26. The molecule has 0 heterocycles. The first kappa shape index (κ1) is 10.6. The van der Waals surface area contributed by atoms with E-state index < -0.39 is 17.3 Å². The van der Waals surface area contributed by atoms with Gasteiger partial charge in [0.05, 0.1) is 6.61 Å². The van der Waals surface area contributed by atoms with Gasteiger partial charge in [0, 0.05) is 0 Å². The molecule has 0 unspecified atom stereocenters. The van der Waals surface area contributed by atoms with E-state index in [9.17, 15) is 9.59 Å². The highest BCUT2D eigenvalue weighted by molar-refractivity contribution is 6.15. The quantitative estimate of drug-likeness (QED) is 0.194. The molecule has 2 N–H and O–H groups in total. The maximum atomic E-state index is 10.6. The Kier molecular flexibility index (Phi) is 4.71. The Morgan fingerprint density at radius 3 is 2.42 bits per heavy atom. The van der Waals surface area contributed by atoms with Crippen molar-refractivity contribution in [2.45, 2.75) is 6.92 Å². The second-order valence-electron chi connectivity index (χ2n) is 1.99. The molecule has 0 aliphatic rings. The van der Waals surface area contributed by atoms with Gasteiger partial charge >= 0.3 is 5.97 Å². The van der Waals surface area contributed by atoms with Gasteiger partial charge in [-0.3, -0.25) is 4.79 Å². The van der Waals surface area contributed by atoms with Crippen LogP contribution in [0.4, 0.5) is 0 Å². The van der Waals surface area contributed by atoms with E-state index in [1.807, 2.05) is 0 Å². The SMILES string of the molecule is CC(=O)C(=COCCO)C(=O)O. The van der Waals surface area contributed by atoms with Crippen molar-refractivity contribution >= 4 is 11.8 Å². The largest absolute Gasteiger partial charge is 0.498 e. The summed E-state index contributed by atoms with van der Waals surface area (Å²) in [4.78, 5) is 20.9. The molecular formula is C7H10O5. The molecule has 0 aliphatic carbocycles. The summed E-state index contributed by atoms with van der Waals surface area (Å²) < 4.78 is 4.55. The number of ketones is 1. The number of ether oxygens (including phenoxy) is 1. The molecule has 0 aromatic heterocycles. The van der Waals surface area contributed by atoms with Crippen LogP contribution in [0.15, 0.2) is 11.8 Å². The summed E-state index contributed by atoms with van der Waals surface area (Å²) in [5, 5.41) is 16.7.